The number of aryl methyl sites for hydroxylation is 2. The van der Waals surface area contributed by atoms with Crippen LogP contribution in [0.25, 0.3) is 11.4 Å². The van der Waals surface area contributed by atoms with Crippen LogP contribution in [0.15, 0.2) is 30.5 Å². The number of benzene rings is 1. The fourth-order valence-electron chi connectivity index (χ4n) is 4.53. The summed E-state index contributed by atoms with van der Waals surface area (Å²) in [6.45, 7) is 2.85. The van der Waals surface area contributed by atoms with Crippen molar-refractivity contribution in [3.05, 3.63) is 52.3 Å². The molecule has 1 aromatic carbocycles. The van der Waals surface area contributed by atoms with Crippen molar-refractivity contribution in [1.29, 1.82) is 0 Å². The third-order valence-electron chi connectivity index (χ3n) is 6.41. The van der Waals surface area contributed by atoms with E-state index in [0.29, 0.717) is 28.1 Å². The minimum Gasteiger partial charge on any atom is -0.495 e. The highest BCUT2D eigenvalue weighted by atomic mass is 35.5. The Kier molecular flexibility index (Phi) is 5.67. The normalized spacial score (nSPS) is 16.6. The first kappa shape index (κ1) is 22.6. The maximum absolute atomic E-state index is 13.4. The van der Waals surface area contributed by atoms with Crippen LogP contribution in [0.5, 0.6) is 5.75 Å². The van der Waals surface area contributed by atoms with Gasteiger partial charge in [-0.3, -0.25) is 4.79 Å². The van der Waals surface area contributed by atoms with E-state index in [1.807, 2.05) is 23.8 Å². The molecule has 0 aliphatic carbocycles. The number of piperidine rings is 1. The Morgan fingerprint density at radius 3 is 2.71 bits per heavy atom. The zero-order valence-electron chi connectivity index (χ0n) is 18.9. The smallest absolute Gasteiger partial charge is 0.253 e. The van der Waals surface area contributed by atoms with E-state index >= 15 is 0 Å². The first-order valence-corrected chi connectivity index (χ1v) is 11.5. The third kappa shape index (κ3) is 4.09. The number of hydrogen-bond acceptors (Lipinski definition) is 5. The summed E-state index contributed by atoms with van der Waals surface area (Å²) in [4.78, 5) is 23.5. The van der Waals surface area contributed by atoms with Gasteiger partial charge in [0.25, 0.3) is 11.8 Å². The van der Waals surface area contributed by atoms with Crippen LogP contribution in [0, 0.1) is 6.92 Å². The number of halogens is 3. The van der Waals surface area contributed by atoms with Gasteiger partial charge in [0.15, 0.2) is 0 Å². The second-order valence-corrected chi connectivity index (χ2v) is 9.04. The Hall–Kier alpha value is -3.20. The molecule has 5 rings (SSSR count). The molecule has 0 atom stereocenters. The number of hydrogen-bond donors (Lipinski definition) is 1. The lowest BCUT2D eigenvalue weighted by atomic mass is 10.0. The molecule has 2 aromatic heterocycles. The van der Waals surface area contributed by atoms with Crippen LogP contribution < -0.4 is 10.1 Å². The zero-order chi connectivity index (χ0) is 24.0. The van der Waals surface area contributed by atoms with E-state index in [1.54, 1.807) is 18.2 Å². The lowest BCUT2D eigenvalue weighted by Crippen LogP contribution is -2.42. The van der Waals surface area contributed by atoms with Gasteiger partial charge in [-0.1, -0.05) is 11.6 Å². The maximum Gasteiger partial charge on any atom is 0.253 e. The number of anilines is 2. The van der Waals surface area contributed by atoms with E-state index in [0.717, 1.165) is 35.5 Å². The number of ether oxygens (including phenoxy) is 1. The molecule has 2 aliphatic heterocycles. The highest BCUT2D eigenvalue weighted by Gasteiger charge is 2.36. The average Bonchev–Trinajstić information content (AvgIpc) is 3.12. The monoisotopic (exact) mass is 487 g/mol. The Morgan fingerprint density at radius 1 is 1.21 bits per heavy atom. The van der Waals surface area contributed by atoms with E-state index in [-0.39, 0.29) is 31.8 Å². The molecule has 2 aliphatic rings. The first-order chi connectivity index (χ1) is 16.3. The summed E-state index contributed by atoms with van der Waals surface area (Å²) in [6.07, 6.45) is 1.96. The van der Waals surface area contributed by atoms with Gasteiger partial charge in [0.1, 0.15) is 10.9 Å². The third-order valence-corrected chi connectivity index (χ3v) is 6.72. The minimum absolute atomic E-state index is 0.0300. The molecule has 0 saturated carbocycles. The molecule has 1 saturated heterocycles. The van der Waals surface area contributed by atoms with Crippen LogP contribution in [0.4, 0.5) is 20.4 Å². The Bertz CT molecular complexity index is 1270. The van der Waals surface area contributed by atoms with Crippen LogP contribution in [-0.2, 0) is 13.0 Å². The van der Waals surface area contributed by atoms with Crippen LogP contribution in [-0.4, -0.2) is 51.5 Å². The number of amides is 1. The fourth-order valence-corrected chi connectivity index (χ4v) is 4.87. The summed E-state index contributed by atoms with van der Waals surface area (Å²) in [7, 11) is 1.50. The van der Waals surface area contributed by atoms with Crippen molar-refractivity contribution >= 4 is 29.1 Å². The second-order valence-electron chi connectivity index (χ2n) is 8.66. The van der Waals surface area contributed by atoms with Crippen molar-refractivity contribution in [3.63, 3.8) is 0 Å². The molecule has 178 valence electrons. The lowest BCUT2D eigenvalue weighted by molar-refractivity contribution is -0.0494. The Balaban J connectivity index is 1.39. The molecule has 3 aromatic rings. The number of alkyl halides is 2. The van der Waals surface area contributed by atoms with E-state index in [2.05, 4.69) is 10.3 Å². The summed E-state index contributed by atoms with van der Waals surface area (Å²) in [5.74, 6) is -2.18. The van der Waals surface area contributed by atoms with Gasteiger partial charge in [0.2, 0.25) is 5.95 Å². The van der Waals surface area contributed by atoms with E-state index in [1.165, 1.54) is 12.0 Å². The number of likely N-dealkylation sites (tertiary alicyclic amines) is 1. The molecule has 1 fully saturated rings. The van der Waals surface area contributed by atoms with Crippen LogP contribution >= 0.6 is 11.6 Å². The molecule has 7 nitrogen and oxygen atoms in total. The van der Waals surface area contributed by atoms with Gasteiger partial charge in [-0.05, 0) is 43.2 Å². The Labute approximate surface area is 200 Å². The number of nitrogens with zero attached hydrogens (tertiary/aromatic N) is 4. The average molecular weight is 488 g/mol. The van der Waals surface area contributed by atoms with Crippen LogP contribution in [0.1, 0.15) is 34.3 Å². The summed E-state index contributed by atoms with van der Waals surface area (Å²) in [5, 5.41) is 3.86. The summed E-state index contributed by atoms with van der Waals surface area (Å²) in [5.41, 5.74) is 4.88. The highest BCUT2D eigenvalue weighted by Crippen LogP contribution is 2.36. The van der Waals surface area contributed by atoms with Gasteiger partial charge in [-0.2, -0.15) is 0 Å². The van der Waals surface area contributed by atoms with Crippen molar-refractivity contribution in [3.8, 4) is 17.1 Å². The first-order valence-electron chi connectivity index (χ1n) is 11.1. The molecular weight excluding hydrogens is 464 g/mol. The largest absolute Gasteiger partial charge is 0.495 e. The molecule has 10 heteroatoms. The maximum atomic E-state index is 13.4. The Morgan fingerprint density at radius 2 is 1.97 bits per heavy atom. The van der Waals surface area contributed by atoms with E-state index in [9.17, 15) is 13.6 Å². The number of nitrogens with one attached hydrogen (secondary N) is 1. The van der Waals surface area contributed by atoms with Gasteiger partial charge < -0.3 is 19.5 Å². The van der Waals surface area contributed by atoms with Crippen LogP contribution in [0.2, 0.25) is 5.15 Å². The van der Waals surface area contributed by atoms with Crippen molar-refractivity contribution in [1.82, 2.24) is 19.4 Å². The summed E-state index contributed by atoms with van der Waals surface area (Å²) in [6, 6.07) is 6.89. The van der Waals surface area contributed by atoms with Gasteiger partial charge in [-0.25, -0.2) is 18.7 Å². The topological polar surface area (TPSA) is 72.3 Å². The van der Waals surface area contributed by atoms with Crippen molar-refractivity contribution in [2.45, 2.75) is 38.7 Å². The summed E-state index contributed by atoms with van der Waals surface area (Å²) >= 11 is 6.37. The fraction of sp³-hybridized carbons (Fsp3) is 0.375. The predicted octanol–water partition coefficient (Wildman–Crippen LogP) is 5.09. The van der Waals surface area contributed by atoms with Crippen molar-refractivity contribution in [2.24, 2.45) is 0 Å². The number of methoxy groups -OCH3 is 1. The zero-order valence-corrected chi connectivity index (χ0v) is 19.6. The van der Waals surface area contributed by atoms with Crippen molar-refractivity contribution < 1.29 is 18.3 Å². The molecule has 0 bridgehead atoms. The van der Waals surface area contributed by atoms with Gasteiger partial charge in [-0.15, -0.1) is 0 Å². The number of carbonyl (C=O) groups excluding carboxylic acids is 1. The predicted molar refractivity (Wildman–Crippen MR) is 125 cm³/mol. The molecule has 4 heterocycles. The minimum atomic E-state index is -2.71. The quantitative estimate of drug-likeness (QED) is 0.555. The molecule has 0 unspecified atom stereocenters. The molecule has 1 amide bonds. The van der Waals surface area contributed by atoms with Gasteiger partial charge >= 0.3 is 0 Å². The molecule has 34 heavy (non-hydrogen) atoms. The summed E-state index contributed by atoms with van der Waals surface area (Å²) < 4.78 is 34.4. The van der Waals surface area contributed by atoms with E-state index < -0.39 is 5.92 Å². The molecule has 0 radical (unpaired) electrons. The van der Waals surface area contributed by atoms with Crippen LogP contribution in [0.3, 0.4) is 0 Å². The standard InChI is InChI=1S/C24H24ClF2N5O2/c1-14-11-19(25)32-8-5-16-13-28-23(30-20(16)21(14)32)29-17-4-3-15(12-18(17)34-2)22(33)31-9-6-24(26,27)7-10-31/h3-4,11-13H,5-10H2,1-2H3,(H,28,29,30). The molecule has 0 spiro atoms. The van der Waals surface area contributed by atoms with E-state index in [4.69, 9.17) is 21.3 Å². The highest BCUT2D eigenvalue weighted by molar-refractivity contribution is 6.30. The number of aromatic nitrogens is 3. The number of fused-ring (bicyclic) bond motifs is 3. The molecule has 1 N–H and O–H groups in total. The number of rotatable bonds is 4. The lowest BCUT2D eigenvalue weighted by Gasteiger charge is -2.31. The molecular formula is C24H24ClF2N5O2. The van der Waals surface area contributed by atoms with Gasteiger partial charge in [0, 0.05) is 49.8 Å². The van der Waals surface area contributed by atoms with Gasteiger partial charge in [0.05, 0.1) is 24.2 Å². The van der Waals surface area contributed by atoms with Crippen molar-refractivity contribution in [2.75, 3.05) is 25.5 Å². The number of carbonyl (C=O) groups is 1. The second kappa shape index (κ2) is 8.54. The SMILES string of the molecule is COc1cc(C(=O)N2CCC(F)(F)CC2)ccc1Nc1ncc2c(n1)-c1c(C)cc(Cl)n1CC2.